The van der Waals surface area contributed by atoms with Crippen molar-refractivity contribution >= 4 is 17.7 Å². The molecule has 0 spiro atoms. The Morgan fingerprint density at radius 1 is 1.29 bits per heavy atom. The molecule has 1 fully saturated rings. The number of aliphatic carboxylic acids is 1. The first-order valence-corrected chi connectivity index (χ1v) is 7.69. The van der Waals surface area contributed by atoms with Crippen molar-refractivity contribution in [3.63, 3.8) is 0 Å². The van der Waals surface area contributed by atoms with E-state index in [4.69, 9.17) is 5.11 Å². The number of hydrogen-bond acceptors (Lipinski definition) is 2. The molecule has 2 amide bonds. The summed E-state index contributed by atoms with van der Waals surface area (Å²) in [7, 11) is 0. The number of aryl methyl sites for hydroxylation is 1. The molecule has 0 bridgehead atoms. The number of anilines is 1. The number of para-hydroxylation sites is 1. The summed E-state index contributed by atoms with van der Waals surface area (Å²) >= 11 is 0. The van der Waals surface area contributed by atoms with Gasteiger partial charge in [0.05, 0.1) is 5.92 Å². The van der Waals surface area contributed by atoms with Crippen LogP contribution in [0.1, 0.15) is 24.8 Å². The van der Waals surface area contributed by atoms with Crippen LogP contribution in [0.3, 0.4) is 0 Å². The number of carboxylic acid groups (broad SMARTS) is 1. The molecule has 0 aliphatic carbocycles. The third-order valence-electron chi connectivity index (χ3n) is 3.99. The Kier molecular flexibility index (Phi) is 5.69. The number of nitrogens with zero attached hydrogens (tertiary/aromatic N) is 1. The van der Waals surface area contributed by atoms with E-state index in [1.54, 1.807) is 18.2 Å². The predicted molar refractivity (Wildman–Crippen MR) is 81.8 cm³/mol. The summed E-state index contributed by atoms with van der Waals surface area (Å²) in [6.45, 7) is 0.534. The van der Waals surface area contributed by atoms with Crippen molar-refractivity contribution in [2.24, 2.45) is 5.92 Å². The van der Waals surface area contributed by atoms with Crippen molar-refractivity contribution in [1.29, 1.82) is 0 Å². The van der Waals surface area contributed by atoms with Gasteiger partial charge in [-0.25, -0.2) is 4.79 Å². The second kappa shape index (κ2) is 7.55. The number of likely N-dealkylation sites (tertiary alicyclic amines) is 1. The summed E-state index contributed by atoms with van der Waals surface area (Å²) in [5.74, 6) is -1.55. The van der Waals surface area contributed by atoms with E-state index in [0.29, 0.717) is 30.6 Å². The zero-order valence-corrected chi connectivity index (χ0v) is 13.0. The highest BCUT2D eigenvalue weighted by Crippen LogP contribution is 2.26. The van der Waals surface area contributed by atoms with E-state index in [-0.39, 0.29) is 13.0 Å². The van der Waals surface area contributed by atoms with Crippen molar-refractivity contribution in [1.82, 2.24) is 4.90 Å². The van der Waals surface area contributed by atoms with Crippen LogP contribution < -0.4 is 5.32 Å². The van der Waals surface area contributed by atoms with Gasteiger partial charge in [-0.3, -0.25) is 4.79 Å². The monoisotopic (exact) mass is 344 g/mol. The summed E-state index contributed by atoms with van der Waals surface area (Å²) in [4.78, 5) is 24.7. The van der Waals surface area contributed by atoms with E-state index in [1.807, 2.05) is 0 Å². The third-order valence-corrected chi connectivity index (χ3v) is 3.99. The molecule has 1 aliphatic heterocycles. The summed E-state index contributed by atoms with van der Waals surface area (Å²) in [6, 6.07) is 5.84. The van der Waals surface area contributed by atoms with Crippen LogP contribution >= 0.6 is 0 Å². The largest absolute Gasteiger partial charge is 0.481 e. The van der Waals surface area contributed by atoms with Gasteiger partial charge in [0.1, 0.15) is 0 Å². The third kappa shape index (κ3) is 5.14. The van der Waals surface area contributed by atoms with Gasteiger partial charge in [-0.05, 0) is 30.9 Å². The maximum atomic E-state index is 12.4. The zero-order valence-electron chi connectivity index (χ0n) is 13.0. The maximum absolute atomic E-state index is 12.4. The molecular weight excluding hydrogens is 325 g/mol. The van der Waals surface area contributed by atoms with Crippen LogP contribution in [0.15, 0.2) is 24.3 Å². The lowest BCUT2D eigenvalue weighted by molar-refractivity contribution is -0.143. The second-order valence-corrected chi connectivity index (χ2v) is 5.83. The lowest BCUT2D eigenvalue weighted by Gasteiger charge is -2.31. The van der Waals surface area contributed by atoms with Gasteiger partial charge in [-0.15, -0.1) is 0 Å². The van der Waals surface area contributed by atoms with Crippen molar-refractivity contribution in [3.05, 3.63) is 29.8 Å². The Hall–Kier alpha value is -2.25. The number of carbonyl (C=O) groups excluding carboxylic acids is 1. The van der Waals surface area contributed by atoms with Crippen LogP contribution in [0.5, 0.6) is 0 Å². The molecule has 8 heteroatoms. The van der Waals surface area contributed by atoms with Crippen molar-refractivity contribution in [3.8, 4) is 0 Å². The van der Waals surface area contributed by atoms with Crippen LogP contribution in [-0.2, 0) is 11.2 Å². The first-order valence-electron chi connectivity index (χ1n) is 7.69. The SMILES string of the molecule is O=C(O)C1CCCN(C(=O)Nc2ccccc2CCC(F)(F)F)C1. The predicted octanol–water partition coefficient (Wildman–Crippen LogP) is 3.51. The molecule has 1 heterocycles. The summed E-state index contributed by atoms with van der Waals surface area (Å²) in [5, 5.41) is 11.7. The molecule has 0 saturated carbocycles. The normalized spacial score (nSPS) is 18.3. The van der Waals surface area contributed by atoms with Gasteiger partial charge in [0.15, 0.2) is 0 Å². The van der Waals surface area contributed by atoms with Gasteiger partial charge in [0, 0.05) is 25.2 Å². The van der Waals surface area contributed by atoms with Crippen LogP contribution in [0, 0.1) is 5.92 Å². The van der Waals surface area contributed by atoms with E-state index in [2.05, 4.69) is 5.32 Å². The smallest absolute Gasteiger partial charge is 0.389 e. The van der Waals surface area contributed by atoms with Gasteiger partial charge >= 0.3 is 18.2 Å². The van der Waals surface area contributed by atoms with E-state index in [9.17, 15) is 22.8 Å². The number of amides is 2. The van der Waals surface area contributed by atoms with E-state index < -0.39 is 30.5 Å². The van der Waals surface area contributed by atoms with E-state index in [1.165, 1.54) is 11.0 Å². The molecule has 1 atom stereocenters. The van der Waals surface area contributed by atoms with Gasteiger partial charge < -0.3 is 15.3 Å². The van der Waals surface area contributed by atoms with Crippen LogP contribution in [0.2, 0.25) is 0 Å². The number of alkyl halides is 3. The van der Waals surface area contributed by atoms with Gasteiger partial charge in [0.2, 0.25) is 0 Å². The molecule has 24 heavy (non-hydrogen) atoms. The first-order chi connectivity index (χ1) is 11.3. The quantitative estimate of drug-likeness (QED) is 0.878. The van der Waals surface area contributed by atoms with Crippen LogP contribution in [0.4, 0.5) is 23.7 Å². The summed E-state index contributed by atoms with van der Waals surface area (Å²) < 4.78 is 37.2. The fourth-order valence-corrected chi connectivity index (χ4v) is 2.69. The fraction of sp³-hybridized carbons (Fsp3) is 0.500. The van der Waals surface area contributed by atoms with Crippen molar-refractivity contribution in [2.75, 3.05) is 18.4 Å². The van der Waals surface area contributed by atoms with E-state index >= 15 is 0 Å². The molecule has 5 nitrogen and oxygen atoms in total. The fourth-order valence-electron chi connectivity index (χ4n) is 2.69. The standard InChI is InChI=1S/C16H19F3N2O3/c17-16(18,19)8-7-11-4-1-2-6-13(11)20-15(24)21-9-3-5-12(10-21)14(22)23/h1-2,4,6,12H,3,5,7-10H2,(H,20,24)(H,22,23). The number of rotatable bonds is 4. The average molecular weight is 344 g/mol. The Balaban J connectivity index is 2.02. The van der Waals surface area contributed by atoms with Crippen LogP contribution in [0.25, 0.3) is 0 Å². The highest BCUT2D eigenvalue weighted by molar-refractivity contribution is 5.90. The van der Waals surface area contributed by atoms with Crippen LogP contribution in [-0.4, -0.2) is 41.3 Å². The average Bonchev–Trinajstić information content (AvgIpc) is 2.53. The van der Waals surface area contributed by atoms with Crippen molar-refractivity contribution < 1.29 is 27.9 Å². The van der Waals surface area contributed by atoms with Gasteiger partial charge in [-0.1, -0.05) is 18.2 Å². The summed E-state index contributed by atoms with van der Waals surface area (Å²) in [6.07, 6.45) is -4.36. The molecule has 2 rings (SSSR count). The minimum Gasteiger partial charge on any atom is -0.481 e. The minimum atomic E-state index is -4.27. The number of nitrogens with one attached hydrogen (secondary N) is 1. The molecular formula is C16H19F3N2O3. The number of carbonyl (C=O) groups is 2. The minimum absolute atomic E-state index is 0.103. The zero-order chi connectivity index (χ0) is 17.7. The Labute approximate surface area is 137 Å². The number of benzene rings is 1. The highest BCUT2D eigenvalue weighted by Gasteiger charge is 2.29. The molecule has 1 aliphatic rings. The number of hydrogen-bond donors (Lipinski definition) is 2. The lowest BCUT2D eigenvalue weighted by Crippen LogP contribution is -2.44. The summed E-state index contributed by atoms with van der Waals surface area (Å²) in [5.41, 5.74) is 0.721. The van der Waals surface area contributed by atoms with E-state index in [0.717, 1.165) is 0 Å². The topological polar surface area (TPSA) is 69.6 Å². The number of carboxylic acids is 1. The molecule has 132 valence electrons. The lowest BCUT2D eigenvalue weighted by atomic mass is 9.99. The number of halogens is 3. The molecule has 1 saturated heterocycles. The Morgan fingerprint density at radius 2 is 2.00 bits per heavy atom. The number of urea groups is 1. The molecule has 1 aromatic rings. The van der Waals surface area contributed by atoms with Crippen molar-refractivity contribution in [2.45, 2.75) is 31.9 Å². The molecule has 2 N–H and O–H groups in total. The first kappa shape index (κ1) is 18.1. The molecule has 1 aromatic carbocycles. The highest BCUT2D eigenvalue weighted by atomic mass is 19.4. The van der Waals surface area contributed by atoms with Gasteiger partial charge in [0.25, 0.3) is 0 Å². The Bertz CT molecular complexity index is 604. The number of piperidine rings is 1. The second-order valence-electron chi connectivity index (χ2n) is 5.83. The Morgan fingerprint density at radius 3 is 2.67 bits per heavy atom. The molecule has 0 aromatic heterocycles. The molecule has 1 unspecified atom stereocenters. The maximum Gasteiger partial charge on any atom is 0.389 e. The van der Waals surface area contributed by atoms with Gasteiger partial charge in [-0.2, -0.15) is 13.2 Å². The molecule has 0 radical (unpaired) electrons.